The zero-order chi connectivity index (χ0) is 20.0. The molecule has 2 aromatic heterocycles. The summed E-state index contributed by atoms with van der Waals surface area (Å²) in [6.45, 7) is 2.54. The average Bonchev–Trinajstić information content (AvgIpc) is 3.50. The minimum Gasteiger partial charge on any atom is -0.444 e. The number of rotatable bonds is 3. The highest BCUT2D eigenvalue weighted by atomic mass is 35.5. The molecule has 0 radical (unpaired) electrons. The normalized spacial score (nSPS) is 20.9. The van der Waals surface area contributed by atoms with E-state index in [2.05, 4.69) is 4.98 Å². The van der Waals surface area contributed by atoms with Crippen molar-refractivity contribution in [2.24, 2.45) is 11.8 Å². The number of benzene rings is 1. The lowest BCUT2D eigenvalue weighted by Gasteiger charge is -2.21. The predicted octanol–water partition coefficient (Wildman–Crippen LogP) is 3.43. The lowest BCUT2D eigenvalue weighted by atomic mass is 10.0. The van der Waals surface area contributed by atoms with Gasteiger partial charge in [-0.05, 0) is 35.9 Å². The largest absolute Gasteiger partial charge is 0.444 e. The fraction of sp³-hybridized carbons (Fsp3) is 0.286. The monoisotopic (exact) mass is 411 g/mol. The number of hydrogen-bond donors (Lipinski definition) is 0. The Labute approximate surface area is 171 Å². The van der Waals surface area contributed by atoms with Gasteiger partial charge in [0.2, 0.25) is 0 Å². The van der Waals surface area contributed by atoms with Crippen LogP contribution >= 0.6 is 11.6 Å². The molecule has 1 aromatic carbocycles. The molecule has 7 nitrogen and oxygen atoms in total. The third kappa shape index (κ3) is 3.31. The van der Waals surface area contributed by atoms with Crippen LogP contribution in [0.15, 0.2) is 57.8 Å². The molecule has 29 heavy (non-hydrogen) atoms. The second-order valence-corrected chi connectivity index (χ2v) is 7.86. The number of nitrogens with zero attached hydrogens (tertiary/aromatic N) is 3. The summed E-state index contributed by atoms with van der Waals surface area (Å²) in [6, 6.07) is 10.5. The van der Waals surface area contributed by atoms with Gasteiger partial charge in [0.25, 0.3) is 11.8 Å². The molecule has 0 saturated carbocycles. The highest BCUT2D eigenvalue weighted by Gasteiger charge is 2.43. The van der Waals surface area contributed by atoms with Gasteiger partial charge in [-0.15, -0.1) is 0 Å². The van der Waals surface area contributed by atoms with Crippen molar-refractivity contribution >= 4 is 23.4 Å². The zero-order valence-electron chi connectivity index (χ0n) is 15.5. The van der Waals surface area contributed by atoms with E-state index >= 15 is 0 Å². The molecule has 2 aliphatic rings. The smallest absolute Gasteiger partial charge is 0.289 e. The summed E-state index contributed by atoms with van der Waals surface area (Å²) in [5.41, 5.74) is 1.52. The standard InChI is InChI=1S/C21H18ClN3O4/c22-19-6-5-17(29-19)21(27)25-10-15-8-24(9-16(15)11-25)20(26)14-3-1-13(2-4-14)18-7-23-12-28-18/h1-7,12,15-16H,8-11H2/t15-,16+. The van der Waals surface area contributed by atoms with Crippen molar-refractivity contribution in [2.45, 2.75) is 0 Å². The molecule has 4 heterocycles. The molecule has 0 bridgehead atoms. The van der Waals surface area contributed by atoms with Gasteiger partial charge in [0.05, 0.1) is 6.20 Å². The Balaban J connectivity index is 1.22. The van der Waals surface area contributed by atoms with Crippen LogP contribution in [0.5, 0.6) is 0 Å². The zero-order valence-corrected chi connectivity index (χ0v) is 16.2. The summed E-state index contributed by atoms with van der Waals surface area (Å²) < 4.78 is 10.5. The molecule has 0 spiro atoms. The number of halogens is 1. The van der Waals surface area contributed by atoms with Gasteiger partial charge in [0, 0.05) is 49.1 Å². The van der Waals surface area contributed by atoms with Crippen molar-refractivity contribution in [3.8, 4) is 11.3 Å². The number of carbonyl (C=O) groups excluding carboxylic acids is 2. The molecule has 2 amide bonds. The van der Waals surface area contributed by atoms with Crippen molar-refractivity contribution in [1.29, 1.82) is 0 Å². The van der Waals surface area contributed by atoms with Crippen LogP contribution in [0.1, 0.15) is 20.9 Å². The van der Waals surface area contributed by atoms with Gasteiger partial charge in [0.15, 0.2) is 23.1 Å². The molecular weight excluding hydrogens is 394 g/mol. The minimum absolute atomic E-state index is 0.0132. The molecule has 0 N–H and O–H groups in total. The maximum Gasteiger partial charge on any atom is 0.289 e. The number of hydrogen-bond acceptors (Lipinski definition) is 5. The molecular formula is C21H18ClN3O4. The topological polar surface area (TPSA) is 79.8 Å². The third-order valence-corrected chi connectivity index (χ3v) is 5.90. The second kappa shape index (κ2) is 7.08. The van der Waals surface area contributed by atoms with Gasteiger partial charge in [-0.3, -0.25) is 9.59 Å². The minimum atomic E-state index is -0.146. The van der Waals surface area contributed by atoms with Crippen LogP contribution in [0.3, 0.4) is 0 Å². The molecule has 3 aromatic rings. The SMILES string of the molecule is O=C(c1ccc(-c2cnco2)cc1)N1C[C@@H]2CN(C(=O)c3ccc(Cl)o3)C[C@@H]2C1. The van der Waals surface area contributed by atoms with E-state index in [1.54, 1.807) is 23.2 Å². The van der Waals surface area contributed by atoms with E-state index < -0.39 is 0 Å². The van der Waals surface area contributed by atoms with Crippen molar-refractivity contribution in [2.75, 3.05) is 26.2 Å². The Kier molecular flexibility index (Phi) is 4.39. The Morgan fingerprint density at radius 2 is 1.59 bits per heavy atom. The number of amides is 2. The van der Waals surface area contributed by atoms with Crippen LogP contribution in [0, 0.1) is 11.8 Å². The van der Waals surface area contributed by atoms with Crippen molar-refractivity contribution in [3.63, 3.8) is 0 Å². The Morgan fingerprint density at radius 3 is 2.14 bits per heavy atom. The molecule has 8 heteroatoms. The number of likely N-dealkylation sites (tertiary alicyclic amines) is 2. The fourth-order valence-corrected chi connectivity index (χ4v) is 4.37. The van der Waals surface area contributed by atoms with E-state index in [1.807, 2.05) is 29.2 Å². The Bertz CT molecular complexity index is 1030. The first-order chi connectivity index (χ1) is 14.1. The summed E-state index contributed by atoms with van der Waals surface area (Å²) in [6.07, 6.45) is 3.02. The maximum absolute atomic E-state index is 12.9. The molecule has 2 aliphatic heterocycles. The van der Waals surface area contributed by atoms with Crippen LogP contribution in [0.25, 0.3) is 11.3 Å². The van der Waals surface area contributed by atoms with Crippen LogP contribution < -0.4 is 0 Å². The number of aromatic nitrogens is 1. The third-order valence-electron chi connectivity index (χ3n) is 5.69. The summed E-state index contributed by atoms with van der Waals surface area (Å²) in [4.78, 5) is 33.0. The molecule has 2 atom stereocenters. The van der Waals surface area contributed by atoms with Crippen LogP contribution in [0.2, 0.25) is 5.22 Å². The van der Waals surface area contributed by atoms with E-state index in [4.69, 9.17) is 20.4 Å². The van der Waals surface area contributed by atoms with Gasteiger partial charge < -0.3 is 18.6 Å². The van der Waals surface area contributed by atoms with Gasteiger partial charge in [-0.25, -0.2) is 4.98 Å². The molecule has 148 valence electrons. The Hall–Kier alpha value is -3.06. The molecule has 5 rings (SSSR count). The van der Waals surface area contributed by atoms with Gasteiger partial charge >= 0.3 is 0 Å². The van der Waals surface area contributed by atoms with Gasteiger partial charge in [-0.2, -0.15) is 0 Å². The summed E-state index contributed by atoms with van der Waals surface area (Å²) in [5, 5.41) is 0.207. The lowest BCUT2D eigenvalue weighted by Crippen LogP contribution is -2.35. The number of furan rings is 1. The fourth-order valence-electron chi connectivity index (χ4n) is 4.23. The van der Waals surface area contributed by atoms with Gasteiger partial charge in [0.1, 0.15) is 0 Å². The molecule has 2 saturated heterocycles. The molecule has 2 fully saturated rings. The van der Waals surface area contributed by atoms with E-state index in [-0.39, 0.29) is 34.6 Å². The lowest BCUT2D eigenvalue weighted by molar-refractivity contribution is 0.0719. The quantitative estimate of drug-likeness (QED) is 0.659. The maximum atomic E-state index is 12.9. The van der Waals surface area contributed by atoms with E-state index in [0.717, 1.165) is 5.56 Å². The first-order valence-corrected chi connectivity index (χ1v) is 9.79. The number of oxazole rings is 1. The summed E-state index contributed by atoms with van der Waals surface area (Å²) in [7, 11) is 0. The summed E-state index contributed by atoms with van der Waals surface area (Å²) >= 11 is 5.77. The van der Waals surface area contributed by atoms with E-state index in [9.17, 15) is 9.59 Å². The highest BCUT2D eigenvalue weighted by Crippen LogP contribution is 2.33. The van der Waals surface area contributed by atoms with Crippen LogP contribution in [-0.4, -0.2) is 52.8 Å². The molecule has 0 aliphatic carbocycles. The van der Waals surface area contributed by atoms with Crippen molar-refractivity contribution < 1.29 is 18.4 Å². The number of carbonyl (C=O) groups is 2. The summed E-state index contributed by atoms with van der Waals surface area (Å²) in [5.74, 6) is 1.35. The predicted molar refractivity (Wildman–Crippen MR) is 104 cm³/mol. The number of fused-ring (bicyclic) bond motifs is 1. The van der Waals surface area contributed by atoms with Crippen molar-refractivity contribution in [3.05, 3.63) is 65.5 Å². The van der Waals surface area contributed by atoms with Crippen LogP contribution in [0.4, 0.5) is 0 Å². The van der Waals surface area contributed by atoms with E-state index in [1.165, 1.54) is 6.39 Å². The average molecular weight is 412 g/mol. The molecule has 0 unspecified atom stereocenters. The first kappa shape index (κ1) is 18.0. The Morgan fingerprint density at radius 1 is 0.931 bits per heavy atom. The van der Waals surface area contributed by atoms with Gasteiger partial charge in [-0.1, -0.05) is 12.1 Å². The van der Waals surface area contributed by atoms with Crippen molar-refractivity contribution in [1.82, 2.24) is 14.8 Å². The van der Waals surface area contributed by atoms with Crippen LogP contribution in [-0.2, 0) is 0 Å². The highest BCUT2D eigenvalue weighted by molar-refractivity contribution is 6.29. The van der Waals surface area contributed by atoms with E-state index in [0.29, 0.717) is 37.5 Å². The first-order valence-electron chi connectivity index (χ1n) is 9.41. The second-order valence-electron chi connectivity index (χ2n) is 7.49.